The molecule has 4 aliphatic carbocycles. The van der Waals surface area contributed by atoms with E-state index in [-0.39, 0.29) is 35.1 Å². The number of ether oxygens (including phenoxy) is 1. The van der Waals surface area contributed by atoms with Crippen LogP contribution in [-0.4, -0.2) is 17.4 Å². The summed E-state index contributed by atoms with van der Waals surface area (Å²) in [6.07, 6.45) is 10.3. The second kappa shape index (κ2) is 4.19. The van der Waals surface area contributed by atoms with Gasteiger partial charge in [0.15, 0.2) is 0 Å². The van der Waals surface area contributed by atoms with Gasteiger partial charge in [0.1, 0.15) is 11.4 Å². The molecule has 0 radical (unpaired) electrons. The molecule has 0 aromatic heterocycles. The molecule has 20 heavy (non-hydrogen) atoms. The summed E-state index contributed by atoms with van der Waals surface area (Å²) in [6, 6.07) is 0. The third kappa shape index (κ3) is 1.58. The zero-order valence-corrected chi connectivity index (χ0v) is 12.0. The quantitative estimate of drug-likeness (QED) is 0.587. The molecule has 3 heteroatoms. The summed E-state index contributed by atoms with van der Waals surface area (Å²) >= 11 is 0. The number of Topliss-reactive ketones (excluding diaryl/α,β-unsaturated/α-hetero) is 1. The van der Waals surface area contributed by atoms with E-state index in [2.05, 4.69) is 6.92 Å². The van der Waals surface area contributed by atoms with Crippen LogP contribution in [0, 0.1) is 29.6 Å². The van der Waals surface area contributed by atoms with E-state index in [1.54, 1.807) is 0 Å². The van der Waals surface area contributed by atoms with E-state index in [1.807, 2.05) is 12.2 Å². The Morgan fingerprint density at radius 1 is 1.35 bits per heavy atom. The molecule has 3 nitrogen and oxygen atoms in total. The molecule has 3 fully saturated rings. The highest BCUT2D eigenvalue weighted by molar-refractivity contribution is 5.96. The number of ketones is 1. The van der Waals surface area contributed by atoms with Gasteiger partial charge in [-0.15, -0.1) is 0 Å². The van der Waals surface area contributed by atoms with Gasteiger partial charge in [-0.05, 0) is 50.4 Å². The molecule has 4 rings (SSSR count). The van der Waals surface area contributed by atoms with Crippen LogP contribution >= 0.6 is 0 Å². The van der Waals surface area contributed by atoms with Gasteiger partial charge in [-0.2, -0.15) is 0 Å². The molecule has 4 bridgehead atoms. The zero-order chi connectivity index (χ0) is 13.9. The lowest BCUT2D eigenvalue weighted by molar-refractivity contribution is -0.172. The van der Waals surface area contributed by atoms with Crippen molar-refractivity contribution >= 4 is 11.8 Å². The van der Waals surface area contributed by atoms with Crippen molar-refractivity contribution in [1.82, 2.24) is 0 Å². The van der Waals surface area contributed by atoms with Crippen LogP contribution in [0.5, 0.6) is 0 Å². The van der Waals surface area contributed by atoms with Crippen LogP contribution in [0.4, 0.5) is 0 Å². The molecule has 0 N–H and O–H groups in total. The molecule has 0 aromatic rings. The Hall–Kier alpha value is -1.12. The average Bonchev–Trinajstić information content (AvgIpc) is 3.20. The molecule has 6 unspecified atom stereocenters. The highest BCUT2D eigenvalue weighted by Crippen LogP contribution is 2.54. The minimum atomic E-state index is -0.214. The van der Waals surface area contributed by atoms with Crippen molar-refractivity contribution in [2.45, 2.75) is 51.0 Å². The molecule has 0 saturated heterocycles. The zero-order valence-electron chi connectivity index (χ0n) is 12.0. The van der Waals surface area contributed by atoms with Crippen molar-refractivity contribution in [3.05, 3.63) is 12.2 Å². The summed E-state index contributed by atoms with van der Waals surface area (Å²) in [4.78, 5) is 24.5. The first-order valence-corrected chi connectivity index (χ1v) is 8.08. The standard InChI is InChI=1S/C17H22O3/c1-2-17(9-10-3-5-12(17)7-10)20-16(19)14-8-11-4-6-13(14)15(11)18/h4,6,10-14H,2-3,5,7-9H2,1H3. The van der Waals surface area contributed by atoms with Gasteiger partial charge in [0.05, 0.1) is 5.92 Å². The first kappa shape index (κ1) is 12.6. The largest absolute Gasteiger partial charge is 0.459 e. The Labute approximate surface area is 119 Å². The summed E-state index contributed by atoms with van der Waals surface area (Å²) in [5.74, 6) is 1.02. The van der Waals surface area contributed by atoms with E-state index in [1.165, 1.54) is 19.3 Å². The van der Waals surface area contributed by atoms with Gasteiger partial charge >= 0.3 is 5.97 Å². The number of fused-ring (bicyclic) bond motifs is 4. The summed E-state index contributed by atoms with van der Waals surface area (Å²) in [6.45, 7) is 2.14. The van der Waals surface area contributed by atoms with Gasteiger partial charge in [-0.3, -0.25) is 9.59 Å². The maximum absolute atomic E-state index is 12.6. The fraction of sp³-hybridized carbons (Fsp3) is 0.765. The first-order valence-electron chi connectivity index (χ1n) is 8.08. The van der Waals surface area contributed by atoms with Gasteiger partial charge in [-0.1, -0.05) is 19.1 Å². The number of hydrogen-bond donors (Lipinski definition) is 0. The lowest BCUT2D eigenvalue weighted by atomic mass is 9.81. The summed E-state index contributed by atoms with van der Waals surface area (Å²) in [7, 11) is 0. The Kier molecular flexibility index (Phi) is 2.64. The van der Waals surface area contributed by atoms with Crippen molar-refractivity contribution in [2.24, 2.45) is 29.6 Å². The molecule has 0 amide bonds. The van der Waals surface area contributed by atoms with Crippen molar-refractivity contribution in [3.63, 3.8) is 0 Å². The normalized spacial score (nSPS) is 48.2. The smallest absolute Gasteiger partial charge is 0.310 e. The van der Waals surface area contributed by atoms with Crippen LogP contribution in [0.1, 0.15) is 45.4 Å². The number of allylic oxidation sites excluding steroid dienone is 2. The van der Waals surface area contributed by atoms with Crippen LogP contribution < -0.4 is 0 Å². The molecule has 0 aromatic carbocycles. The predicted molar refractivity (Wildman–Crippen MR) is 73.8 cm³/mol. The Bertz CT molecular complexity index is 494. The topological polar surface area (TPSA) is 43.4 Å². The fourth-order valence-electron chi connectivity index (χ4n) is 5.18. The Balaban J connectivity index is 1.50. The maximum Gasteiger partial charge on any atom is 0.310 e. The molecular formula is C17H22O3. The molecule has 6 atom stereocenters. The predicted octanol–water partition coefficient (Wildman–Crippen LogP) is 2.89. The van der Waals surface area contributed by atoms with Gasteiger partial charge in [0, 0.05) is 11.8 Å². The molecular weight excluding hydrogens is 252 g/mol. The van der Waals surface area contributed by atoms with Gasteiger partial charge < -0.3 is 4.74 Å². The van der Waals surface area contributed by atoms with Crippen LogP contribution in [0.3, 0.4) is 0 Å². The molecule has 3 saturated carbocycles. The van der Waals surface area contributed by atoms with Crippen molar-refractivity contribution in [1.29, 1.82) is 0 Å². The molecule has 108 valence electrons. The van der Waals surface area contributed by atoms with Crippen LogP contribution in [0.25, 0.3) is 0 Å². The Morgan fingerprint density at radius 3 is 2.70 bits per heavy atom. The lowest BCUT2D eigenvalue weighted by Gasteiger charge is -2.37. The van der Waals surface area contributed by atoms with E-state index < -0.39 is 0 Å². The van der Waals surface area contributed by atoms with Crippen molar-refractivity contribution in [2.75, 3.05) is 0 Å². The average molecular weight is 274 g/mol. The monoisotopic (exact) mass is 274 g/mol. The molecule has 0 aliphatic heterocycles. The van der Waals surface area contributed by atoms with Crippen molar-refractivity contribution in [3.8, 4) is 0 Å². The minimum Gasteiger partial charge on any atom is -0.459 e. The Morgan fingerprint density at radius 2 is 2.20 bits per heavy atom. The van der Waals surface area contributed by atoms with Gasteiger partial charge in [-0.25, -0.2) is 0 Å². The number of carbonyl (C=O) groups excluding carboxylic acids is 2. The van der Waals surface area contributed by atoms with Gasteiger partial charge in [0.25, 0.3) is 0 Å². The van der Waals surface area contributed by atoms with Crippen LogP contribution in [0.2, 0.25) is 0 Å². The summed E-state index contributed by atoms with van der Waals surface area (Å²) in [5, 5.41) is 0. The third-order valence-electron chi connectivity index (χ3n) is 6.31. The van der Waals surface area contributed by atoms with Crippen molar-refractivity contribution < 1.29 is 14.3 Å². The minimum absolute atomic E-state index is 0.0184. The second-order valence-corrected chi connectivity index (χ2v) is 7.18. The molecule has 0 spiro atoms. The van der Waals surface area contributed by atoms with Crippen LogP contribution in [0.15, 0.2) is 12.2 Å². The number of rotatable bonds is 3. The first-order chi connectivity index (χ1) is 9.63. The highest BCUT2D eigenvalue weighted by atomic mass is 16.6. The lowest BCUT2D eigenvalue weighted by Crippen LogP contribution is -2.42. The van der Waals surface area contributed by atoms with Gasteiger partial charge in [0.2, 0.25) is 0 Å². The van der Waals surface area contributed by atoms with E-state index >= 15 is 0 Å². The molecule has 4 aliphatic rings. The molecule has 0 heterocycles. The SMILES string of the molecule is CCC1(OC(=O)C2CC3C=CC2C3=O)CC2CCC1C2. The van der Waals surface area contributed by atoms with E-state index in [4.69, 9.17) is 4.74 Å². The second-order valence-electron chi connectivity index (χ2n) is 7.18. The van der Waals surface area contributed by atoms with E-state index in [0.29, 0.717) is 12.3 Å². The third-order valence-corrected chi connectivity index (χ3v) is 6.31. The number of esters is 1. The summed E-state index contributed by atoms with van der Waals surface area (Å²) < 4.78 is 6.04. The maximum atomic E-state index is 12.6. The van der Waals surface area contributed by atoms with E-state index in [0.717, 1.165) is 18.8 Å². The fourth-order valence-corrected chi connectivity index (χ4v) is 5.18. The van der Waals surface area contributed by atoms with E-state index in [9.17, 15) is 9.59 Å². The van der Waals surface area contributed by atoms with Crippen LogP contribution in [-0.2, 0) is 14.3 Å². The number of hydrogen-bond acceptors (Lipinski definition) is 3. The highest BCUT2D eigenvalue weighted by Gasteiger charge is 2.55. The summed E-state index contributed by atoms with van der Waals surface area (Å²) in [5.41, 5.74) is -0.214. The number of carbonyl (C=O) groups is 2.